The van der Waals surface area contributed by atoms with Gasteiger partial charge in [-0.2, -0.15) is 0 Å². The number of hydrogen-bond acceptors (Lipinski definition) is 4. The van der Waals surface area contributed by atoms with E-state index < -0.39 is 0 Å². The molecule has 1 saturated heterocycles. The van der Waals surface area contributed by atoms with E-state index in [1.165, 1.54) is 0 Å². The van der Waals surface area contributed by atoms with Crippen molar-refractivity contribution in [2.75, 3.05) is 37.7 Å². The summed E-state index contributed by atoms with van der Waals surface area (Å²) in [4.78, 5) is 27.6. The Bertz CT molecular complexity index is 559. The van der Waals surface area contributed by atoms with Gasteiger partial charge < -0.3 is 16.0 Å². The molecule has 0 radical (unpaired) electrons. The molecule has 1 fully saturated rings. The van der Waals surface area contributed by atoms with E-state index in [0.717, 1.165) is 11.3 Å². The van der Waals surface area contributed by atoms with Gasteiger partial charge in [0, 0.05) is 31.5 Å². The lowest BCUT2D eigenvalue weighted by Crippen LogP contribution is -2.54. The first-order valence-electron chi connectivity index (χ1n) is 7.03. The van der Waals surface area contributed by atoms with Gasteiger partial charge in [-0.15, -0.1) is 0 Å². The van der Waals surface area contributed by atoms with Crippen molar-refractivity contribution in [3.05, 3.63) is 23.8 Å². The molecule has 2 rings (SSSR count). The van der Waals surface area contributed by atoms with Gasteiger partial charge in [-0.25, -0.2) is 0 Å². The number of piperazine rings is 1. The maximum Gasteiger partial charge on any atom is 0.241 e. The van der Waals surface area contributed by atoms with Gasteiger partial charge in [0.15, 0.2) is 0 Å². The Hall–Kier alpha value is -2.08. The van der Waals surface area contributed by atoms with E-state index in [1.807, 2.05) is 24.8 Å². The van der Waals surface area contributed by atoms with E-state index in [0.29, 0.717) is 18.8 Å². The number of amides is 2. The van der Waals surface area contributed by atoms with Crippen LogP contribution >= 0.6 is 0 Å². The van der Waals surface area contributed by atoms with E-state index >= 15 is 0 Å². The maximum absolute atomic E-state index is 12.3. The van der Waals surface area contributed by atoms with Crippen LogP contribution in [0.1, 0.15) is 12.5 Å². The molecule has 1 aliphatic heterocycles. The normalized spacial score (nSPS) is 17.7. The molecule has 0 aliphatic carbocycles. The third kappa shape index (κ3) is 3.52. The van der Waals surface area contributed by atoms with Crippen molar-refractivity contribution < 1.29 is 9.59 Å². The Morgan fingerprint density at radius 3 is 2.71 bits per heavy atom. The number of nitrogen functional groups attached to an aromatic ring is 1. The molecule has 114 valence electrons. The molecule has 1 unspecified atom stereocenters. The second kappa shape index (κ2) is 6.13. The van der Waals surface area contributed by atoms with Gasteiger partial charge in [0.25, 0.3) is 0 Å². The molecule has 2 amide bonds. The molecule has 0 spiro atoms. The van der Waals surface area contributed by atoms with Gasteiger partial charge in [-0.05, 0) is 37.6 Å². The van der Waals surface area contributed by atoms with E-state index in [2.05, 4.69) is 5.32 Å². The second-order valence-electron chi connectivity index (χ2n) is 5.53. The SMILES string of the molecule is Cc1cc(N)ccc1NC(=O)C(C)N1CCN(C)C(=O)C1. The first-order chi connectivity index (χ1) is 9.88. The van der Waals surface area contributed by atoms with Crippen LogP contribution in [0.5, 0.6) is 0 Å². The Morgan fingerprint density at radius 1 is 1.38 bits per heavy atom. The van der Waals surface area contributed by atoms with Crippen molar-refractivity contribution in [1.82, 2.24) is 9.80 Å². The molecule has 1 aromatic carbocycles. The summed E-state index contributed by atoms with van der Waals surface area (Å²) in [5, 5.41) is 2.90. The molecule has 1 aliphatic rings. The number of anilines is 2. The Labute approximate surface area is 124 Å². The number of hydrogen-bond donors (Lipinski definition) is 2. The molecule has 21 heavy (non-hydrogen) atoms. The molecular weight excluding hydrogens is 268 g/mol. The fourth-order valence-corrected chi connectivity index (χ4v) is 2.34. The summed E-state index contributed by atoms with van der Waals surface area (Å²) < 4.78 is 0. The fraction of sp³-hybridized carbons (Fsp3) is 0.467. The molecule has 0 bridgehead atoms. The number of rotatable bonds is 3. The summed E-state index contributed by atoms with van der Waals surface area (Å²) in [5.74, 6) is -0.0650. The predicted molar refractivity (Wildman–Crippen MR) is 82.9 cm³/mol. The molecule has 0 aromatic heterocycles. The Morgan fingerprint density at radius 2 is 2.10 bits per heavy atom. The van der Waals surface area contributed by atoms with E-state index in [4.69, 9.17) is 5.73 Å². The number of nitrogens with one attached hydrogen (secondary N) is 1. The second-order valence-corrected chi connectivity index (χ2v) is 5.53. The smallest absolute Gasteiger partial charge is 0.241 e. The number of carbonyl (C=O) groups excluding carboxylic acids is 2. The van der Waals surface area contributed by atoms with Crippen molar-refractivity contribution in [1.29, 1.82) is 0 Å². The maximum atomic E-state index is 12.3. The Kier molecular flexibility index (Phi) is 4.47. The highest BCUT2D eigenvalue weighted by Gasteiger charge is 2.28. The number of carbonyl (C=O) groups is 2. The lowest BCUT2D eigenvalue weighted by molar-refractivity contribution is -0.136. The van der Waals surface area contributed by atoms with Crippen molar-refractivity contribution in [3.8, 4) is 0 Å². The number of nitrogens with two attached hydrogens (primary N) is 1. The molecular formula is C15H22N4O2. The average Bonchev–Trinajstić information content (AvgIpc) is 2.44. The standard InChI is InChI=1S/C15H22N4O2/c1-10-8-12(16)4-5-13(10)17-15(21)11(2)19-7-6-18(3)14(20)9-19/h4-5,8,11H,6-7,9,16H2,1-3H3,(H,17,21). The quantitative estimate of drug-likeness (QED) is 0.802. The summed E-state index contributed by atoms with van der Waals surface area (Å²) in [5.41, 5.74) is 8.04. The zero-order chi connectivity index (χ0) is 15.6. The van der Waals surface area contributed by atoms with Crippen LogP contribution in [-0.2, 0) is 9.59 Å². The van der Waals surface area contributed by atoms with Gasteiger partial charge in [-0.1, -0.05) is 0 Å². The monoisotopic (exact) mass is 290 g/mol. The third-order valence-electron chi connectivity index (χ3n) is 3.92. The van der Waals surface area contributed by atoms with Gasteiger partial charge in [0.05, 0.1) is 12.6 Å². The average molecular weight is 290 g/mol. The summed E-state index contributed by atoms with van der Waals surface area (Å²) in [7, 11) is 1.78. The van der Waals surface area contributed by atoms with Crippen LogP contribution in [0.3, 0.4) is 0 Å². The van der Waals surface area contributed by atoms with Crippen molar-refractivity contribution in [2.24, 2.45) is 0 Å². The summed E-state index contributed by atoms with van der Waals surface area (Å²) in [6.45, 7) is 5.36. The summed E-state index contributed by atoms with van der Waals surface area (Å²) >= 11 is 0. The van der Waals surface area contributed by atoms with Gasteiger partial charge in [0.1, 0.15) is 0 Å². The highest BCUT2D eigenvalue weighted by Crippen LogP contribution is 2.18. The first kappa shape index (κ1) is 15.3. The van der Waals surface area contributed by atoms with E-state index in [1.54, 1.807) is 24.1 Å². The molecule has 1 atom stereocenters. The van der Waals surface area contributed by atoms with Gasteiger partial charge in [-0.3, -0.25) is 14.5 Å². The topological polar surface area (TPSA) is 78.7 Å². The minimum absolute atomic E-state index is 0.0459. The van der Waals surface area contributed by atoms with Crippen LogP contribution < -0.4 is 11.1 Å². The molecule has 6 nitrogen and oxygen atoms in total. The van der Waals surface area contributed by atoms with Crippen LogP contribution in [-0.4, -0.2) is 54.3 Å². The largest absolute Gasteiger partial charge is 0.399 e. The summed E-state index contributed by atoms with van der Waals surface area (Å²) in [6.07, 6.45) is 0. The molecule has 0 saturated carbocycles. The minimum atomic E-state index is -0.348. The lowest BCUT2D eigenvalue weighted by atomic mass is 10.1. The lowest BCUT2D eigenvalue weighted by Gasteiger charge is -2.35. The number of aryl methyl sites for hydroxylation is 1. The van der Waals surface area contributed by atoms with Crippen LogP contribution in [0.4, 0.5) is 11.4 Å². The van der Waals surface area contributed by atoms with Crippen molar-refractivity contribution in [2.45, 2.75) is 19.9 Å². The van der Waals surface area contributed by atoms with Crippen LogP contribution in [0.2, 0.25) is 0 Å². The van der Waals surface area contributed by atoms with Crippen LogP contribution in [0.25, 0.3) is 0 Å². The molecule has 1 heterocycles. The highest BCUT2D eigenvalue weighted by molar-refractivity contribution is 5.95. The number of benzene rings is 1. The number of nitrogens with zero attached hydrogens (tertiary/aromatic N) is 2. The summed E-state index contributed by atoms with van der Waals surface area (Å²) in [6, 6.07) is 5.02. The molecule has 6 heteroatoms. The fourth-order valence-electron chi connectivity index (χ4n) is 2.34. The van der Waals surface area contributed by atoms with Gasteiger partial charge >= 0.3 is 0 Å². The zero-order valence-corrected chi connectivity index (χ0v) is 12.7. The zero-order valence-electron chi connectivity index (χ0n) is 12.7. The highest BCUT2D eigenvalue weighted by atomic mass is 16.2. The van der Waals surface area contributed by atoms with Crippen molar-refractivity contribution >= 4 is 23.2 Å². The van der Waals surface area contributed by atoms with Crippen LogP contribution in [0.15, 0.2) is 18.2 Å². The third-order valence-corrected chi connectivity index (χ3v) is 3.92. The molecule has 3 N–H and O–H groups in total. The van der Waals surface area contributed by atoms with Crippen LogP contribution in [0, 0.1) is 6.92 Å². The first-order valence-corrected chi connectivity index (χ1v) is 7.03. The minimum Gasteiger partial charge on any atom is -0.399 e. The van der Waals surface area contributed by atoms with E-state index in [-0.39, 0.29) is 24.4 Å². The Balaban J connectivity index is 2.01. The van der Waals surface area contributed by atoms with E-state index in [9.17, 15) is 9.59 Å². The predicted octanol–water partition coefficient (Wildman–Crippen LogP) is 0.678. The van der Waals surface area contributed by atoms with Crippen molar-refractivity contribution in [3.63, 3.8) is 0 Å². The molecule has 1 aromatic rings. The van der Waals surface area contributed by atoms with Gasteiger partial charge in [0.2, 0.25) is 11.8 Å². The number of likely N-dealkylation sites (N-methyl/N-ethyl adjacent to an activating group) is 1.